The van der Waals surface area contributed by atoms with Gasteiger partial charge in [0.1, 0.15) is 11.9 Å². The predicted octanol–water partition coefficient (Wildman–Crippen LogP) is 3.33. The number of benzene rings is 1. The van der Waals surface area contributed by atoms with E-state index in [2.05, 4.69) is 10.5 Å². The lowest BCUT2D eigenvalue weighted by Crippen LogP contribution is -2.31. The van der Waals surface area contributed by atoms with Crippen LogP contribution in [0, 0.1) is 0 Å². The molecule has 7 heteroatoms. The van der Waals surface area contributed by atoms with E-state index in [0.717, 1.165) is 17.0 Å². The number of hydrogen-bond acceptors (Lipinski definition) is 5. The van der Waals surface area contributed by atoms with Crippen molar-refractivity contribution in [1.29, 1.82) is 0 Å². The summed E-state index contributed by atoms with van der Waals surface area (Å²) < 4.78 is 5.73. The molecule has 2 heterocycles. The van der Waals surface area contributed by atoms with Crippen LogP contribution < -0.4 is 10.1 Å². The number of halogens is 1. The summed E-state index contributed by atoms with van der Waals surface area (Å²) in [5.74, 6) is 0.648. The molecule has 2 aromatic rings. The monoisotopic (exact) mass is 350 g/mol. The first-order chi connectivity index (χ1) is 11.2. The average Bonchev–Trinajstić information content (AvgIpc) is 3.22. The molecule has 5 nitrogen and oxygen atoms in total. The van der Waals surface area contributed by atoms with Crippen LogP contribution in [0.15, 0.2) is 41.6 Å². The van der Waals surface area contributed by atoms with Gasteiger partial charge < -0.3 is 14.9 Å². The van der Waals surface area contributed by atoms with Crippen molar-refractivity contribution >= 4 is 34.6 Å². The number of ether oxygens (including phenoxy) is 1. The molecule has 1 atom stereocenters. The van der Waals surface area contributed by atoms with Crippen LogP contribution >= 0.6 is 22.9 Å². The maximum atomic E-state index is 12.0. The first kappa shape index (κ1) is 15.8. The molecular weight excluding hydrogens is 336 g/mol. The van der Waals surface area contributed by atoms with Crippen molar-refractivity contribution in [3.05, 3.63) is 51.2 Å². The lowest BCUT2D eigenvalue weighted by Gasteiger charge is -2.09. The maximum Gasteiger partial charge on any atom is 0.261 e. The first-order valence-electron chi connectivity index (χ1n) is 7.06. The van der Waals surface area contributed by atoms with Crippen LogP contribution in [0.2, 0.25) is 4.34 Å². The molecule has 1 aliphatic heterocycles. The second-order valence-corrected chi connectivity index (χ2v) is 6.73. The van der Waals surface area contributed by atoms with Gasteiger partial charge in [0.15, 0.2) is 0 Å². The Morgan fingerprint density at radius 2 is 2.17 bits per heavy atom. The van der Waals surface area contributed by atoms with Gasteiger partial charge in [-0.2, -0.15) is 0 Å². The molecule has 0 radical (unpaired) electrons. The van der Waals surface area contributed by atoms with Crippen molar-refractivity contribution in [2.45, 2.75) is 12.5 Å². The van der Waals surface area contributed by atoms with Crippen LogP contribution in [-0.2, 0) is 4.84 Å². The number of methoxy groups -OCH3 is 1. The Bertz CT molecular complexity index is 727. The molecule has 0 bridgehead atoms. The molecular formula is C16H15ClN2O3S. The Kier molecular flexibility index (Phi) is 4.83. The lowest BCUT2D eigenvalue weighted by molar-refractivity contribution is 0.0755. The van der Waals surface area contributed by atoms with Crippen molar-refractivity contribution in [1.82, 2.24) is 5.32 Å². The Morgan fingerprint density at radius 3 is 2.83 bits per heavy atom. The Hall–Kier alpha value is -2.05. The summed E-state index contributed by atoms with van der Waals surface area (Å²) in [7, 11) is 1.63. The summed E-state index contributed by atoms with van der Waals surface area (Å²) in [5, 5.41) is 6.94. The highest BCUT2D eigenvalue weighted by Gasteiger charge is 2.23. The van der Waals surface area contributed by atoms with Crippen LogP contribution in [0.1, 0.15) is 21.7 Å². The highest BCUT2D eigenvalue weighted by atomic mass is 35.5. The van der Waals surface area contributed by atoms with Crippen molar-refractivity contribution < 1.29 is 14.4 Å². The Labute approximate surface area is 142 Å². The van der Waals surface area contributed by atoms with Gasteiger partial charge in [0.2, 0.25) is 0 Å². The van der Waals surface area contributed by atoms with E-state index >= 15 is 0 Å². The fourth-order valence-electron chi connectivity index (χ4n) is 2.22. The van der Waals surface area contributed by atoms with Gasteiger partial charge >= 0.3 is 0 Å². The van der Waals surface area contributed by atoms with Crippen molar-refractivity contribution in [3.8, 4) is 5.75 Å². The van der Waals surface area contributed by atoms with Crippen molar-refractivity contribution in [2.24, 2.45) is 5.16 Å². The molecule has 0 aliphatic carbocycles. The summed E-state index contributed by atoms with van der Waals surface area (Å²) in [4.78, 5) is 17.9. The van der Waals surface area contributed by atoms with Gasteiger partial charge in [-0.3, -0.25) is 4.79 Å². The van der Waals surface area contributed by atoms with Gasteiger partial charge in [0.05, 0.1) is 28.6 Å². The zero-order valence-corrected chi connectivity index (χ0v) is 14.0. The van der Waals surface area contributed by atoms with E-state index < -0.39 is 0 Å². The van der Waals surface area contributed by atoms with Crippen molar-refractivity contribution in [2.75, 3.05) is 13.7 Å². The number of nitrogens with one attached hydrogen (secondary N) is 1. The fraction of sp³-hybridized carbons (Fsp3) is 0.250. The normalized spacial score (nSPS) is 16.6. The molecule has 1 aromatic carbocycles. The molecule has 1 unspecified atom stereocenters. The molecule has 120 valence electrons. The second-order valence-electron chi connectivity index (χ2n) is 5.01. The summed E-state index contributed by atoms with van der Waals surface area (Å²) >= 11 is 7.08. The van der Waals surface area contributed by atoms with E-state index in [1.54, 1.807) is 19.2 Å². The van der Waals surface area contributed by atoms with Gasteiger partial charge in [-0.25, -0.2) is 0 Å². The molecule has 0 saturated carbocycles. The average molecular weight is 351 g/mol. The molecule has 0 spiro atoms. The standard InChI is InChI=1S/C16H15ClN2O3S/c1-21-11-4-2-10(3-5-11)13-8-12(22-19-13)9-18-16(20)14-6-7-15(17)23-14/h2-7,12H,8-9H2,1H3,(H,18,20). The van der Waals surface area contributed by atoms with Gasteiger partial charge in [-0.1, -0.05) is 16.8 Å². The smallest absolute Gasteiger partial charge is 0.261 e. The molecule has 23 heavy (non-hydrogen) atoms. The Morgan fingerprint density at radius 1 is 1.39 bits per heavy atom. The molecule has 0 fully saturated rings. The van der Waals surface area contributed by atoms with Gasteiger partial charge in [-0.15, -0.1) is 11.3 Å². The maximum absolute atomic E-state index is 12.0. The van der Waals surface area contributed by atoms with E-state index in [4.69, 9.17) is 21.2 Å². The third-order valence-corrected chi connectivity index (χ3v) is 4.67. The molecule has 3 rings (SSSR count). The SMILES string of the molecule is COc1ccc(C2=NOC(CNC(=O)c3ccc(Cl)s3)C2)cc1. The largest absolute Gasteiger partial charge is 0.497 e. The minimum absolute atomic E-state index is 0.150. The predicted molar refractivity (Wildman–Crippen MR) is 90.7 cm³/mol. The zero-order valence-electron chi connectivity index (χ0n) is 12.4. The number of nitrogens with zero attached hydrogens (tertiary/aromatic N) is 1. The third kappa shape index (κ3) is 3.83. The second kappa shape index (κ2) is 7.02. The highest BCUT2D eigenvalue weighted by Crippen LogP contribution is 2.22. The van der Waals surface area contributed by atoms with E-state index in [1.165, 1.54) is 11.3 Å². The summed E-state index contributed by atoms with van der Waals surface area (Å²) in [6.45, 7) is 0.400. The minimum atomic E-state index is -0.161. The van der Waals surface area contributed by atoms with Crippen molar-refractivity contribution in [3.63, 3.8) is 0 Å². The summed E-state index contributed by atoms with van der Waals surface area (Å²) in [5.41, 5.74) is 1.86. The van der Waals surface area contributed by atoms with Gasteiger partial charge in [-0.05, 0) is 42.0 Å². The van der Waals surface area contributed by atoms with Gasteiger partial charge in [0.25, 0.3) is 5.91 Å². The quantitative estimate of drug-likeness (QED) is 0.899. The van der Waals surface area contributed by atoms with E-state index in [0.29, 0.717) is 22.2 Å². The number of carbonyl (C=O) groups is 1. The number of oxime groups is 1. The highest BCUT2D eigenvalue weighted by molar-refractivity contribution is 7.17. The van der Waals surface area contributed by atoms with Crippen LogP contribution in [0.25, 0.3) is 0 Å². The number of hydrogen-bond donors (Lipinski definition) is 1. The zero-order chi connectivity index (χ0) is 16.2. The van der Waals surface area contributed by atoms with Crippen LogP contribution in [0.4, 0.5) is 0 Å². The third-order valence-electron chi connectivity index (χ3n) is 3.44. The molecule has 1 N–H and O–H groups in total. The molecule has 1 aromatic heterocycles. The molecule has 1 amide bonds. The number of amides is 1. The minimum Gasteiger partial charge on any atom is -0.497 e. The fourth-order valence-corrected chi connectivity index (χ4v) is 3.18. The first-order valence-corrected chi connectivity index (χ1v) is 8.26. The lowest BCUT2D eigenvalue weighted by atomic mass is 10.0. The summed E-state index contributed by atoms with van der Waals surface area (Å²) in [6, 6.07) is 11.1. The van der Waals surface area contributed by atoms with Crippen LogP contribution in [0.5, 0.6) is 5.75 Å². The number of carbonyl (C=O) groups excluding carboxylic acids is 1. The van der Waals surface area contributed by atoms with Crippen LogP contribution in [-0.4, -0.2) is 31.4 Å². The Balaban J connectivity index is 1.51. The summed E-state index contributed by atoms with van der Waals surface area (Å²) in [6.07, 6.45) is 0.490. The topological polar surface area (TPSA) is 59.9 Å². The van der Waals surface area contributed by atoms with E-state index in [-0.39, 0.29) is 12.0 Å². The number of rotatable bonds is 5. The van der Waals surface area contributed by atoms with E-state index in [9.17, 15) is 4.79 Å². The van der Waals surface area contributed by atoms with Crippen LogP contribution in [0.3, 0.4) is 0 Å². The molecule has 1 aliphatic rings. The van der Waals surface area contributed by atoms with Gasteiger partial charge in [0, 0.05) is 6.42 Å². The number of thiophene rings is 1. The molecule has 0 saturated heterocycles. The van der Waals surface area contributed by atoms with E-state index in [1.807, 2.05) is 24.3 Å².